The van der Waals surface area contributed by atoms with Gasteiger partial charge in [0.05, 0.1) is 16.8 Å². The molecule has 128 valence electrons. The molecule has 1 amide bonds. The van der Waals surface area contributed by atoms with Crippen molar-refractivity contribution in [3.8, 4) is 6.07 Å². The molecule has 0 unspecified atom stereocenters. The topological polar surface area (TPSA) is 57.0 Å². The van der Waals surface area contributed by atoms with Crippen LogP contribution in [-0.4, -0.2) is 23.2 Å². The molecule has 1 aliphatic rings. The molecule has 0 radical (unpaired) electrons. The number of rotatable bonds is 3. The molecule has 0 aliphatic carbocycles. The van der Waals surface area contributed by atoms with Crippen LogP contribution in [0.2, 0.25) is 0 Å². The largest absolute Gasteiger partial charge is 0.311 e. The van der Waals surface area contributed by atoms with Crippen LogP contribution >= 0.6 is 11.8 Å². The van der Waals surface area contributed by atoms with E-state index in [1.165, 1.54) is 17.3 Å². The highest BCUT2D eigenvalue weighted by Gasteiger charge is 2.24. The molecule has 0 fully saturated rings. The third kappa shape index (κ3) is 2.93. The number of benzene rings is 2. The molecule has 0 atom stereocenters. The lowest BCUT2D eigenvalue weighted by atomic mass is 10.1. The highest BCUT2D eigenvalue weighted by atomic mass is 32.2. The molecule has 3 aromatic rings. The lowest BCUT2D eigenvalue weighted by Gasteiger charge is -2.17. The summed E-state index contributed by atoms with van der Waals surface area (Å²) >= 11 is 1.34. The number of aromatic nitrogens is 1. The van der Waals surface area contributed by atoms with Crippen LogP contribution < -0.4 is 4.90 Å². The molecule has 4 rings (SSSR count). The van der Waals surface area contributed by atoms with E-state index in [0.717, 1.165) is 28.6 Å². The number of carbonyl (C=O) groups is 1. The fraction of sp³-hybridized carbons (Fsp3) is 0.190. The van der Waals surface area contributed by atoms with Crippen LogP contribution in [0.25, 0.3) is 10.9 Å². The van der Waals surface area contributed by atoms with Gasteiger partial charge in [-0.3, -0.25) is 4.79 Å². The molecule has 1 aliphatic heterocycles. The first-order valence-corrected chi connectivity index (χ1v) is 9.47. The van der Waals surface area contributed by atoms with Crippen LogP contribution in [0, 0.1) is 18.3 Å². The average Bonchev–Trinajstić information content (AvgIpc) is 3.10. The standard InChI is InChI=1S/C21H17N3OS/c1-14-5-4-7-16-11-17(12-22)21(23-20(14)16)26-13-19(25)24-10-9-15-6-2-3-8-18(15)24/h2-8,11H,9-10,13H2,1H3. The van der Waals surface area contributed by atoms with Gasteiger partial charge in [-0.25, -0.2) is 4.98 Å². The zero-order chi connectivity index (χ0) is 18.1. The van der Waals surface area contributed by atoms with Crippen LogP contribution in [0.4, 0.5) is 5.69 Å². The van der Waals surface area contributed by atoms with Crippen molar-refractivity contribution in [1.29, 1.82) is 5.26 Å². The van der Waals surface area contributed by atoms with Gasteiger partial charge in [0.1, 0.15) is 11.1 Å². The van der Waals surface area contributed by atoms with Crippen molar-refractivity contribution >= 4 is 34.3 Å². The number of hydrogen-bond donors (Lipinski definition) is 0. The summed E-state index contributed by atoms with van der Waals surface area (Å²) in [6.45, 7) is 2.72. The van der Waals surface area contributed by atoms with Gasteiger partial charge < -0.3 is 4.90 Å². The number of thioether (sulfide) groups is 1. The Balaban J connectivity index is 1.57. The van der Waals surface area contributed by atoms with E-state index in [2.05, 4.69) is 17.1 Å². The van der Waals surface area contributed by atoms with Gasteiger partial charge >= 0.3 is 0 Å². The molecular weight excluding hydrogens is 342 g/mol. The monoisotopic (exact) mass is 359 g/mol. The van der Waals surface area contributed by atoms with Crippen molar-refractivity contribution in [3.05, 3.63) is 65.2 Å². The predicted molar refractivity (Wildman–Crippen MR) is 104 cm³/mol. The summed E-state index contributed by atoms with van der Waals surface area (Å²) < 4.78 is 0. The zero-order valence-electron chi connectivity index (χ0n) is 14.4. The fourth-order valence-electron chi connectivity index (χ4n) is 3.33. The van der Waals surface area contributed by atoms with Gasteiger partial charge in [-0.15, -0.1) is 0 Å². The van der Waals surface area contributed by atoms with E-state index in [9.17, 15) is 10.1 Å². The maximum absolute atomic E-state index is 12.7. The molecule has 26 heavy (non-hydrogen) atoms. The van der Waals surface area contributed by atoms with Gasteiger partial charge in [0.2, 0.25) is 5.91 Å². The fourth-order valence-corrected chi connectivity index (χ4v) is 4.16. The molecule has 4 nitrogen and oxygen atoms in total. The first-order valence-electron chi connectivity index (χ1n) is 8.49. The second kappa shape index (κ2) is 6.81. The third-order valence-corrected chi connectivity index (χ3v) is 5.63. The molecule has 5 heteroatoms. The molecule has 2 heterocycles. The minimum absolute atomic E-state index is 0.0514. The molecule has 2 aromatic carbocycles. The lowest BCUT2D eigenvalue weighted by Crippen LogP contribution is -2.30. The number of para-hydroxylation sites is 2. The van der Waals surface area contributed by atoms with Crippen molar-refractivity contribution in [2.75, 3.05) is 17.2 Å². The first-order chi connectivity index (χ1) is 12.7. The molecule has 0 saturated heterocycles. The third-order valence-electron chi connectivity index (χ3n) is 4.65. The van der Waals surface area contributed by atoms with E-state index in [0.29, 0.717) is 17.1 Å². The second-order valence-electron chi connectivity index (χ2n) is 6.31. The number of pyridine rings is 1. The Morgan fingerprint density at radius 1 is 1.27 bits per heavy atom. The maximum atomic E-state index is 12.7. The van der Waals surface area contributed by atoms with Gasteiger partial charge in [0, 0.05) is 17.6 Å². The number of anilines is 1. The Hall–Kier alpha value is -2.84. The van der Waals surface area contributed by atoms with Crippen LogP contribution in [0.15, 0.2) is 53.6 Å². The van der Waals surface area contributed by atoms with Crippen molar-refractivity contribution in [2.24, 2.45) is 0 Å². The van der Waals surface area contributed by atoms with Crippen LogP contribution in [0.3, 0.4) is 0 Å². The molecule has 0 saturated carbocycles. The summed E-state index contributed by atoms with van der Waals surface area (Å²) in [4.78, 5) is 19.2. The predicted octanol–water partition coefficient (Wildman–Crippen LogP) is 4.10. The normalized spacial score (nSPS) is 12.8. The Morgan fingerprint density at radius 2 is 2.12 bits per heavy atom. The zero-order valence-corrected chi connectivity index (χ0v) is 15.2. The Kier molecular flexibility index (Phi) is 4.36. The van der Waals surface area contributed by atoms with Crippen molar-refractivity contribution in [2.45, 2.75) is 18.4 Å². The number of hydrogen-bond acceptors (Lipinski definition) is 4. The minimum Gasteiger partial charge on any atom is -0.311 e. The van der Waals surface area contributed by atoms with Gasteiger partial charge in [0.15, 0.2) is 0 Å². The van der Waals surface area contributed by atoms with Gasteiger partial charge in [-0.05, 0) is 36.6 Å². The highest BCUT2D eigenvalue weighted by Crippen LogP contribution is 2.30. The molecule has 0 spiro atoms. The molecule has 0 bridgehead atoms. The number of nitrogens with zero attached hydrogens (tertiary/aromatic N) is 3. The summed E-state index contributed by atoms with van der Waals surface area (Å²) in [5.41, 5.74) is 4.67. The molecular formula is C21H17N3OS. The van der Waals surface area contributed by atoms with E-state index in [4.69, 9.17) is 0 Å². The molecule has 0 N–H and O–H groups in total. The summed E-state index contributed by atoms with van der Waals surface area (Å²) in [5.74, 6) is 0.323. The summed E-state index contributed by atoms with van der Waals surface area (Å²) in [5, 5.41) is 11.0. The summed E-state index contributed by atoms with van der Waals surface area (Å²) in [6.07, 6.45) is 0.892. The van der Waals surface area contributed by atoms with Crippen molar-refractivity contribution in [1.82, 2.24) is 4.98 Å². The molecule has 1 aromatic heterocycles. The first kappa shape index (κ1) is 16.6. The number of carbonyl (C=O) groups excluding carboxylic acids is 1. The average molecular weight is 359 g/mol. The maximum Gasteiger partial charge on any atom is 0.237 e. The second-order valence-corrected chi connectivity index (χ2v) is 7.28. The van der Waals surface area contributed by atoms with Crippen LogP contribution in [0.5, 0.6) is 0 Å². The van der Waals surface area contributed by atoms with Crippen molar-refractivity contribution < 1.29 is 4.79 Å². The highest BCUT2D eigenvalue weighted by molar-refractivity contribution is 8.00. The van der Waals surface area contributed by atoms with E-state index >= 15 is 0 Å². The summed E-state index contributed by atoms with van der Waals surface area (Å²) in [7, 11) is 0. The van der Waals surface area contributed by atoms with E-state index in [1.54, 1.807) is 0 Å². The van der Waals surface area contributed by atoms with Crippen molar-refractivity contribution in [3.63, 3.8) is 0 Å². The van der Waals surface area contributed by atoms with Gasteiger partial charge in [0.25, 0.3) is 0 Å². The number of nitriles is 1. The number of fused-ring (bicyclic) bond motifs is 2. The number of amides is 1. The summed E-state index contributed by atoms with van der Waals surface area (Å²) in [6, 6.07) is 18.0. The van der Waals surface area contributed by atoms with Crippen LogP contribution in [0.1, 0.15) is 16.7 Å². The quantitative estimate of drug-likeness (QED) is 0.661. The smallest absolute Gasteiger partial charge is 0.237 e. The Labute approximate surface area is 156 Å². The SMILES string of the molecule is Cc1cccc2cc(C#N)c(SCC(=O)N3CCc4ccccc43)nc12. The van der Waals surface area contributed by atoms with Gasteiger partial charge in [-0.1, -0.05) is 48.2 Å². The van der Waals surface area contributed by atoms with E-state index < -0.39 is 0 Å². The lowest BCUT2D eigenvalue weighted by molar-refractivity contribution is -0.116. The Morgan fingerprint density at radius 3 is 2.96 bits per heavy atom. The number of aryl methyl sites for hydroxylation is 1. The van der Waals surface area contributed by atoms with Gasteiger partial charge in [-0.2, -0.15) is 5.26 Å². The Bertz CT molecular complexity index is 1050. The van der Waals surface area contributed by atoms with Crippen LogP contribution in [-0.2, 0) is 11.2 Å². The van der Waals surface area contributed by atoms with E-state index in [1.807, 2.05) is 54.3 Å². The van der Waals surface area contributed by atoms with E-state index in [-0.39, 0.29) is 11.7 Å². The minimum atomic E-state index is 0.0514.